The summed E-state index contributed by atoms with van der Waals surface area (Å²) < 4.78 is 31.4. The van der Waals surface area contributed by atoms with Crippen LogP contribution in [0.15, 0.2) is 48.4 Å². The van der Waals surface area contributed by atoms with Gasteiger partial charge in [-0.3, -0.25) is 0 Å². The molecule has 0 saturated heterocycles. The number of hydrogen-bond acceptors (Lipinski definition) is 1. The molecule has 104 valence electrons. The van der Waals surface area contributed by atoms with Crippen LogP contribution in [0.4, 0.5) is 0 Å². The molecule has 0 fully saturated rings. The lowest BCUT2D eigenvalue weighted by atomic mass is 9.87. The molecule has 0 aliphatic carbocycles. The van der Waals surface area contributed by atoms with Crippen molar-refractivity contribution in [1.82, 2.24) is 9.97 Å². The molecule has 1 aromatic heterocycles. The summed E-state index contributed by atoms with van der Waals surface area (Å²) in [5.41, 5.74) is 2.74. The van der Waals surface area contributed by atoms with Gasteiger partial charge in [0.2, 0.25) is 0 Å². The lowest BCUT2D eigenvalue weighted by Crippen LogP contribution is -2.10. The predicted octanol–water partition coefficient (Wildman–Crippen LogP) is 4.95. The number of nitrogens with one attached hydrogen (secondary N) is 1. The van der Waals surface area contributed by atoms with Gasteiger partial charge in [-0.1, -0.05) is 57.1 Å². The first-order valence-corrected chi connectivity index (χ1v) is 6.27. The van der Waals surface area contributed by atoms with E-state index in [2.05, 4.69) is 30.7 Å². The Morgan fingerprint density at radius 2 is 1.70 bits per heavy atom. The number of halogens is 1. The molecule has 1 heterocycles. The van der Waals surface area contributed by atoms with Crippen LogP contribution in [0.3, 0.4) is 0 Å². The van der Waals surface area contributed by atoms with Crippen LogP contribution in [0, 0.1) is 0 Å². The van der Waals surface area contributed by atoms with E-state index in [1.807, 2.05) is 24.3 Å². The summed E-state index contributed by atoms with van der Waals surface area (Å²) in [5, 5.41) is 0. The van der Waals surface area contributed by atoms with Gasteiger partial charge in [0.25, 0.3) is 0 Å². The number of para-hydroxylation sites is 2. The minimum atomic E-state index is -0.261. The van der Waals surface area contributed by atoms with Crippen LogP contribution in [0.1, 0.15) is 31.8 Å². The first kappa shape index (κ1) is 10.0. The summed E-state index contributed by atoms with van der Waals surface area (Å²) >= 11 is 0. The van der Waals surface area contributed by atoms with Gasteiger partial charge in [0.15, 0.2) is 0 Å². The highest BCUT2D eigenvalue weighted by Crippen LogP contribution is 2.26. The van der Waals surface area contributed by atoms with Crippen LogP contribution in [0.5, 0.6) is 0 Å². The number of nitrogens with zero attached hydrogens (tertiary/aromatic N) is 1. The third-order valence-corrected chi connectivity index (χ3v) is 3.16. The highest BCUT2D eigenvalue weighted by atomic mass is 35.5. The topological polar surface area (TPSA) is 28.7 Å². The second-order valence-electron chi connectivity index (χ2n) is 5.64. The minimum absolute atomic E-state index is 0. The number of fused-ring (bicyclic) bond motifs is 1. The van der Waals surface area contributed by atoms with Gasteiger partial charge in [0.1, 0.15) is 5.82 Å². The van der Waals surface area contributed by atoms with E-state index in [1.54, 1.807) is 0 Å². The Labute approximate surface area is 131 Å². The van der Waals surface area contributed by atoms with Crippen molar-refractivity contribution < 1.29 is 5.48 Å². The molecule has 0 aliphatic heterocycles. The van der Waals surface area contributed by atoms with Gasteiger partial charge in [-0.05, 0) is 23.1 Å². The number of aromatic amines is 1. The van der Waals surface area contributed by atoms with Crippen molar-refractivity contribution in [2.75, 3.05) is 0 Å². The average Bonchev–Trinajstić information content (AvgIpc) is 2.95. The number of benzene rings is 2. The molecule has 3 rings (SSSR count). The Balaban J connectivity index is 0.00000208. The standard InChI is InChI=1S/C17H18N2.ClH/c1-17(2,3)13-10-8-12(9-11-13)16-18-14-6-4-5-7-15(14)19-16;/h4-11H,1-3H3,(H,18,19);1H/i4D,5D,6D,7D;. The molecule has 0 aliphatic rings. The highest BCUT2D eigenvalue weighted by molar-refractivity contribution is 5.85. The zero-order chi connectivity index (χ0) is 16.9. The molecule has 2 nitrogen and oxygen atoms in total. The largest absolute Gasteiger partial charge is 0.338 e. The van der Waals surface area contributed by atoms with E-state index in [1.165, 1.54) is 5.56 Å². The maximum atomic E-state index is 7.96. The summed E-state index contributed by atoms with van der Waals surface area (Å²) in [5.74, 6) is 0.549. The third kappa shape index (κ3) is 2.70. The second-order valence-corrected chi connectivity index (χ2v) is 5.64. The Morgan fingerprint density at radius 1 is 1.05 bits per heavy atom. The number of H-pyrrole nitrogens is 1. The third-order valence-electron chi connectivity index (χ3n) is 3.16. The quantitative estimate of drug-likeness (QED) is 0.675. The summed E-state index contributed by atoms with van der Waals surface area (Å²) in [7, 11) is 0. The molecule has 0 amide bonds. The Kier molecular flexibility index (Phi) is 2.65. The number of hydrogen-bond donors (Lipinski definition) is 1. The van der Waals surface area contributed by atoms with Crippen molar-refractivity contribution in [3.8, 4) is 11.4 Å². The van der Waals surface area contributed by atoms with Crippen LogP contribution in [-0.4, -0.2) is 9.97 Å². The molecule has 2 aromatic carbocycles. The maximum absolute atomic E-state index is 7.96. The van der Waals surface area contributed by atoms with E-state index in [0.29, 0.717) is 11.3 Å². The predicted molar refractivity (Wildman–Crippen MR) is 87.5 cm³/mol. The van der Waals surface area contributed by atoms with Gasteiger partial charge in [0, 0.05) is 5.56 Å². The Morgan fingerprint density at radius 3 is 2.35 bits per heavy atom. The van der Waals surface area contributed by atoms with Crippen molar-refractivity contribution in [3.63, 3.8) is 0 Å². The Hall–Kier alpha value is -1.80. The van der Waals surface area contributed by atoms with Gasteiger partial charge in [-0.25, -0.2) is 4.98 Å². The fraction of sp³-hybridized carbons (Fsp3) is 0.235. The SMILES string of the molecule is Cl.[2H]c1c([2H])c([2H])c2[nH]c(-c3ccc(C(C)(C)C)cc3)nc2c1[2H]. The summed E-state index contributed by atoms with van der Waals surface area (Å²) in [4.78, 5) is 7.40. The van der Waals surface area contributed by atoms with Crippen molar-refractivity contribution in [1.29, 1.82) is 0 Å². The molecule has 0 unspecified atom stereocenters. The van der Waals surface area contributed by atoms with Crippen LogP contribution in [0.25, 0.3) is 22.4 Å². The maximum Gasteiger partial charge on any atom is 0.138 e. The average molecular weight is 291 g/mol. The zero-order valence-corrected chi connectivity index (χ0v) is 12.5. The molecule has 1 N–H and O–H groups in total. The second kappa shape index (κ2) is 5.29. The summed E-state index contributed by atoms with van der Waals surface area (Å²) in [6.45, 7) is 6.44. The number of rotatable bonds is 1. The first-order chi connectivity index (χ1) is 10.7. The fourth-order valence-corrected chi connectivity index (χ4v) is 2.00. The van der Waals surface area contributed by atoms with E-state index in [4.69, 9.17) is 5.48 Å². The van der Waals surface area contributed by atoms with Crippen molar-refractivity contribution in [3.05, 3.63) is 54.0 Å². The van der Waals surface area contributed by atoms with Crippen LogP contribution < -0.4 is 0 Å². The lowest BCUT2D eigenvalue weighted by Gasteiger charge is -2.18. The van der Waals surface area contributed by atoms with Gasteiger partial charge in [0.05, 0.1) is 16.5 Å². The fourth-order valence-electron chi connectivity index (χ4n) is 2.00. The van der Waals surface area contributed by atoms with Gasteiger partial charge in [-0.15, -0.1) is 12.4 Å². The summed E-state index contributed by atoms with van der Waals surface area (Å²) in [6, 6.07) is 7.27. The van der Waals surface area contributed by atoms with Crippen molar-refractivity contribution in [2.24, 2.45) is 0 Å². The van der Waals surface area contributed by atoms with Gasteiger partial charge in [-0.2, -0.15) is 0 Å². The smallest absolute Gasteiger partial charge is 0.138 e. The molecular formula is C17H19ClN2. The van der Waals surface area contributed by atoms with Crippen LogP contribution in [0.2, 0.25) is 0 Å². The zero-order valence-electron chi connectivity index (χ0n) is 15.7. The van der Waals surface area contributed by atoms with E-state index in [0.717, 1.165) is 5.56 Å². The van der Waals surface area contributed by atoms with E-state index < -0.39 is 0 Å². The molecule has 0 bridgehead atoms. The van der Waals surface area contributed by atoms with E-state index in [-0.39, 0.29) is 47.5 Å². The lowest BCUT2D eigenvalue weighted by molar-refractivity contribution is 0.590. The highest BCUT2D eigenvalue weighted by Gasteiger charge is 2.13. The molecule has 0 spiro atoms. The van der Waals surface area contributed by atoms with Gasteiger partial charge < -0.3 is 4.98 Å². The molecular weight excluding hydrogens is 268 g/mol. The molecule has 0 saturated carbocycles. The molecule has 3 aromatic rings. The van der Waals surface area contributed by atoms with Crippen LogP contribution >= 0.6 is 12.4 Å². The number of aromatic nitrogens is 2. The monoisotopic (exact) mass is 290 g/mol. The minimum Gasteiger partial charge on any atom is -0.338 e. The first-order valence-electron chi connectivity index (χ1n) is 8.27. The Bertz CT molecular complexity index is 851. The molecule has 0 radical (unpaired) electrons. The molecule has 0 atom stereocenters. The molecule has 3 heteroatoms. The van der Waals surface area contributed by atoms with Crippen LogP contribution in [-0.2, 0) is 5.41 Å². The molecule has 20 heavy (non-hydrogen) atoms. The van der Waals surface area contributed by atoms with Crippen molar-refractivity contribution >= 4 is 23.4 Å². The number of imidazole rings is 1. The van der Waals surface area contributed by atoms with Crippen molar-refractivity contribution in [2.45, 2.75) is 26.2 Å². The van der Waals surface area contributed by atoms with Gasteiger partial charge >= 0.3 is 0 Å². The van der Waals surface area contributed by atoms with E-state index >= 15 is 0 Å². The van der Waals surface area contributed by atoms with E-state index in [9.17, 15) is 0 Å². The normalized spacial score (nSPS) is 14.2. The summed E-state index contributed by atoms with van der Waals surface area (Å²) in [6.07, 6.45) is 0.